The van der Waals surface area contributed by atoms with Crippen molar-refractivity contribution in [2.24, 2.45) is 0 Å². The van der Waals surface area contributed by atoms with Crippen molar-refractivity contribution in [2.45, 2.75) is 26.4 Å². The standard InChI is InChI=1S/C14H20Cl2N2O3/c1-3-4-20-5-6-21-9(2)14(19)18-13-11(15)7-10(17)8-12(13)16/h7-9H,3-6,17H2,1-2H3,(H,18,19). The Morgan fingerprint density at radius 2 is 1.90 bits per heavy atom. The minimum absolute atomic E-state index is 0.284. The van der Waals surface area contributed by atoms with E-state index in [1.165, 1.54) is 12.1 Å². The van der Waals surface area contributed by atoms with Crippen LogP contribution in [0.3, 0.4) is 0 Å². The lowest BCUT2D eigenvalue weighted by Gasteiger charge is -2.15. The van der Waals surface area contributed by atoms with Crippen LogP contribution in [-0.2, 0) is 14.3 Å². The van der Waals surface area contributed by atoms with Gasteiger partial charge in [0.05, 0.1) is 28.9 Å². The number of nitrogens with two attached hydrogens (primary N) is 1. The summed E-state index contributed by atoms with van der Waals surface area (Å²) in [7, 11) is 0. The predicted molar refractivity (Wildman–Crippen MR) is 86.0 cm³/mol. The van der Waals surface area contributed by atoms with Crippen molar-refractivity contribution in [3.63, 3.8) is 0 Å². The van der Waals surface area contributed by atoms with Gasteiger partial charge < -0.3 is 20.5 Å². The second-order valence-electron chi connectivity index (χ2n) is 4.47. The molecule has 1 amide bonds. The Bertz CT molecular complexity index is 460. The highest BCUT2D eigenvalue weighted by Crippen LogP contribution is 2.32. The molecular weight excluding hydrogens is 315 g/mol. The first-order chi connectivity index (χ1) is 9.95. The molecule has 0 aliphatic carbocycles. The molecule has 7 heteroatoms. The van der Waals surface area contributed by atoms with Gasteiger partial charge in [0.15, 0.2) is 0 Å². The number of rotatable bonds is 8. The van der Waals surface area contributed by atoms with Crippen molar-refractivity contribution in [3.8, 4) is 0 Å². The molecule has 1 atom stereocenters. The van der Waals surface area contributed by atoms with Gasteiger partial charge in [-0.05, 0) is 25.5 Å². The van der Waals surface area contributed by atoms with Crippen molar-refractivity contribution in [1.29, 1.82) is 0 Å². The summed E-state index contributed by atoms with van der Waals surface area (Å²) in [4.78, 5) is 12.0. The first kappa shape index (κ1) is 18.0. The molecule has 1 aromatic carbocycles. The summed E-state index contributed by atoms with van der Waals surface area (Å²) in [6, 6.07) is 3.04. The average Bonchev–Trinajstić information content (AvgIpc) is 2.42. The molecule has 0 spiro atoms. The third-order valence-corrected chi connectivity index (χ3v) is 3.22. The largest absolute Gasteiger partial charge is 0.399 e. The van der Waals surface area contributed by atoms with E-state index in [0.717, 1.165) is 6.42 Å². The maximum absolute atomic E-state index is 12.0. The van der Waals surface area contributed by atoms with Gasteiger partial charge in [0.1, 0.15) is 6.10 Å². The molecule has 0 radical (unpaired) electrons. The number of ether oxygens (including phenoxy) is 2. The van der Waals surface area contributed by atoms with Crippen molar-refractivity contribution in [3.05, 3.63) is 22.2 Å². The van der Waals surface area contributed by atoms with Gasteiger partial charge in [0.25, 0.3) is 5.91 Å². The van der Waals surface area contributed by atoms with Gasteiger partial charge in [0, 0.05) is 12.3 Å². The SMILES string of the molecule is CCCOCCOC(C)C(=O)Nc1c(Cl)cc(N)cc1Cl. The Hall–Kier alpha value is -1.01. The van der Waals surface area contributed by atoms with Gasteiger partial charge in [-0.3, -0.25) is 4.79 Å². The van der Waals surface area contributed by atoms with Gasteiger partial charge in [-0.1, -0.05) is 30.1 Å². The van der Waals surface area contributed by atoms with E-state index in [-0.39, 0.29) is 16.0 Å². The third kappa shape index (κ3) is 6.09. The van der Waals surface area contributed by atoms with Gasteiger partial charge >= 0.3 is 0 Å². The van der Waals surface area contributed by atoms with E-state index >= 15 is 0 Å². The summed E-state index contributed by atoms with van der Waals surface area (Å²) in [5, 5.41) is 3.20. The number of hydrogen-bond donors (Lipinski definition) is 2. The number of nitrogens with one attached hydrogen (secondary N) is 1. The zero-order valence-corrected chi connectivity index (χ0v) is 13.6. The highest BCUT2D eigenvalue weighted by Gasteiger charge is 2.17. The number of benzene rings is 1. The number of amides is 1. The fraction of sp³-hybridized carbons (Fsp3) is 0.500. The molecule has 1 aromatic rings. The number of nitrogen functional groups attached to an aromatic ring is 1. The summed E-state index contributed by atoms with van der Waals surface area (Å²) in [6.45, 7) is 5.15. The maximum Gasteiger partial charge on any atom is 0.253 e. The van der Waals surface area contributed by atoms with Crippen LogP contribution in [-0.4, -0.2) is 31.8 Å². The van der Waals surface area contributed by atoms with Crippen LogP contribution < -0.4 is 11.1 Å². The average molecular weight is 335 g/mol. The van der Waals surface area contributed by atoms with E-state index < -0.39 is 6.10 Å². The fourth-order valence-electron chi connectivity index (χ4n) is 1.54. The first-order valence-electron chi connectivity index (χ1n) is 6.70. The molecule has 21 heavy (non-hydrogen) atoms. The van der Waals surface area contributed by atoms with E-state index in [1.54, 1.807) is 6.92 Å². The third-order valence-electron chi connectivity index (χ3n) is 2.63. The van der Waals surface area contributed by atoms with Gasteiger partial charge in [-0.15, -0.1) is 0 Å². The minimum Gasteiger partial charge on any atom is -0.399 e. The monoisotopic (exact) mass is 334 g/mol. The Morgan fingerprint density at radius 3 is 2.48 bits per heavy atom. The first-order valence-corrected chi connectivity index (χ1v) is 7.46. The maximum atomic E-state index is 12.0. The number of carbonyl (C=O) groups is 1. The molecule has 0 aliphatic rings. The fourth-order valence-corrected chi connectivity index (χ4v) is 2.14. The smallest absolute Gasteiger partial charge is 0.253 e. The van der Waals surface area contributed by atoms with E-state index in [1.807, 2.05) is 6.92 Å². The predicted octanol–water partition coefficient (Wildman–Crippen LogP) is 3.35. The lowest BCUT2D eigenvalue weighted by atomic mass is 10.2. The summed E-state index contributed by atoms with van der Waals surface area (Å²) in [5.41, 5.74) is 6.36. The van der Waals surface area contributed by atoms with Gasteiger partial charge in [-0.25, -0.2) is 0 Å². The molecule has 0 fully saturated rings. The van der Waals surface area contributed by atoms with Crippen molar-refractivity contribution in [2.75, 3.05) is 30.9 Å². The summed E-state index contributed by atoms with van der Waals surface area (Å²) < 4.78 is 10.6. The Labute approximate surface area is 134 Å². The highest BCUT2D eigenvalue weighted by molar-refractivity contribution is 6.40. The molecule has 0 bridgehead atoms. The number of hydrogen-bond acceptors (Lipinski definition) is 4. The van der Waals surface area contributed by atoms with Crippen molar-refractivity contribution >= 4 is 40.5 Å². The molecule has 0 heterocycles. The van der Waals surface area contributed by atoms with E-state index in [2.05, 4.69) is 5.32 Å². The van der Waals surface area contributed by atoms with Crippen LogP contribution >= 0.6 is 23.2 Å². The van der Waals surface area contributed by atoms with Crippen molar-refractivity contribution in [1.82, 2.24) is 0 Å². The second kappa shape index (κ2) is 9.10. The van der Waals surface area contributed by atoms with Crippen LogP contribution in [0.1, 0.15) is 20.3 Å². The molecule has 0 saturated carbocycles. The van der Waals surface area contributed by atoms with Crippen LogP contribution in [0.25, 0.3) is 0 Å². The molecule has 0 saturated heterocycles. The molecule has 1 rings (SSSR count). The lowest BCUT2D eigenvalue weighted by molar-refractivity contribution is -0.127. The lowest BCUT2D eigenvalue weighted by Crippen LogP contribution is -2.29. The van der Waals surface area contributed by atoms with Crippen LogP contribution in [0.5, 0.6) is 0 Å². The molecule has 3 N–H and O–H groups in total. The summed E-state index contributed by atoms with van der Waals surface area (Å²) in [5.74, 6) is -0.334. The quantitative estimate of drug-likeness (QED) is 0.564. The van der Waals surface area contributed by atoms with Gasteiger partial charge in [-0.2, -0.15) is 0 Å². The Kier molecular flexibility index (Phi) is 7.82. The molecule has 5 nitrogen and oxygen atoms in total. The van der Waals surface area contributed by atoms with Crippen LogP contribution in [0, 0.1) is 0 Å². The molecule has 118 valence electrons. The van der Waals surface area contributed by atoms with Crippen LogP contribution in [0.4, 0.5) is 11.4 Å². The topological polar surface area (TPSA) is 73.6 Å². The zero-order valence-electron chi connectivity index (χ0n) is 12.1. The molecular formula is C14H20Cl2N2O3. The summed E-state index contributed by atoms with van der Waals surface area (Å²) >= 11 is 12.0. The Morgan fingerprint density at radius 1 is 1.29 bits per heavy atom. The highest BCUT2D eigenvalue weighted by atomic mass is 35.5. The summed E-state index contributed by atoms with van der Waals surface area (Å²) in [6.07, 6.45) is 0.310. The van der Waals surface area contributed by atoms with Crippen LogP contribution in [0.2, 0.25) is 10.0 Å². The molecule has 1 unspecified atom stereocenters. The second-order valence-corrected chi connectivity index (χ2v) is 5.29. The molecule has 0 aliphatic heterocycles. The van der Waals surface area contributed by atoms with E-state index in [4.69, 9.17) is 38.4 Å². The number of halogens is 2. The van der Waals surface area contributed by atoms with Crippen LogP contribution in [0.15, 0.2) is 12.1 Å². The van der Waals surface area contributed by atoms with Gasteiger partial charge in [0.2, 0.25) is 0 Å². The van der Waals surface area contributed by atoms with E-state index in [0.29, 0.717) is 31.2 Å². The van der Waals surface area contributed by atoms with Crippen molar-refractivity contribution < 1.29 is 14.3 Å². The molecule has 0 aromatic heterocycles. The number of anilines is 2. The zero-order chi connectivity index (χ0) is 15.8. The minimum atomic E-state index is -0.639. The van der Waals surface area contributed by atoms with E-state index in [9.17, 15) is 4.79 Å². The normalized spacial score (nSPS) is 12.2. The number of carbonyl (C=O) groups excluding carboxylic acids is 1. The Balaban J connectivity index is 2.49.